The summed E-state index contributed by atoms with van der Waals surface area (Å²) in [5, 5.41) is 0. The van der Waals surface area contributed by atoms with Crippen LogP contribution in [0.15, 0.2) is 24.3 Å². The van der Waals surface area contributed by atoms with E-state index in [9.17, 15) is 8.42 Å². The molecule has 0 amide bonds. The van der Waals surface area contributed by atoms with Crippen LogP contribution < -0.4 is 16.0 Å². The van der Waals surface area contributed by atoms with Crippen molar-refractivity contribution < 1.29 is 8.42 Å². The number of nitrogens with zero attached hydrogens (tertiary/aromatic N) is 1. The second-order valence-corrected chi connectivity index (χ2v) is 4.48. The molecule has 72 valence electrons. The number of para-hydroxylation sites is 2. The fourth-order valence-electron chi connectivity index (χ4n) is 0.867. The van der Waals surface area contributed by atoms with Gasteiger partial charge in [0, 0.05) is 0 Å². The molecule has 0 unspecified atom stereocenters. The third-order valence-electron chi connectivity index (χ3n) is 1.53. The van der Waals surface area contributed by atoms with Gasteiger partial charge in [-0.2, -0.15) is 0 Å². The van der Waals surface area contributed by atoms with Crippen LogP contribution in [0.25, 0.3) is 0 Å². The maximum absolute atomic E-state index is 11.0. The molecule has 0 spiro atoms. The molecule has 6 heteroatoms. The van der Waals surface area contributed by atoms with E-state index in [1.54, 1.807) is 18.2 Å². The van der Waals surface area contributed by atoms with E-state index in [-0.39, 0.29) is 5.69 Å². The summed E-state index contributed by atoms with van der Waals surface area (Å²) >= 11 is 0. The average Bonchev–Trinajstić information content (AvgIpc) is 2.02. The minimum Gasteiger partial charge on any atom is -0.397 e. The third-order valence-corrected chi connectivity index (χ3v) is 2.44. The molecule has 0 radical (unpaired) electrons. The standard InChI is InChI=1S/C7H11N3O2S/c1-13(11,12)10(9)7-5-3-2-4-6(7)8/h2-5H,8-9H2,1H3. The highest BCUT2D eigenvalue weighted by Crippen LogP contribution is 2.21. The lowest BCUT2D eigenvalue weighted by molar-refractivity contribution is 0.598. The van der Waals surface area contributed by atoms with Crippen molar-refractivity contribution in [2.45, 2.75) is 0 Å². The van der Waals surface area contributed by atoms with Gasteiger partial charge < -0.3 is 5.73 Å². The van der Waals surface area contributed by atoms with Crippen molar-refractivity contribution >= 4 is 21.4 Å². The van der Waals surface area contributed by atoms with Crippen LogP contribution in [0, 0.1) is 0 Å². The number of rotatable bonds is 2. The molecule has 13 heavy (non-hydrogen) atoms. The van der Waals surface area contributed by atoms with Crippen molar-refractivity contribution in [3.8, 4) is 0 Å². The van der Waals surface area contributed by atoms with E-state index in [4.69, 9.17) is 11.6 Å². The van der Waals surface area contributed by atoms with Gasteiger partial charge in [-0.1, -0.05) is 12.1 Å². The van der Waals surface area contributed by atoms with E-state index < -0.39 is 10.0 Å². The summed E-state index contributed by atoms with van der Waals surface area (Å²) in [6.45, 7) is 0. The number of benzene rings is 1. The van der Waals surface area contributed by atoms with Crippen molar-refractivity contribution in [3.63, 3.8) is 0 Å². The zero-order valence-corrected chi connectivity index (χ0v) is 7.95. The van der Waals surface area contributed by atoms with Gasteiger partial charge in [-0.25, -0.2) is 18.7 Å². The van der Waals surface area contributed by atoms with Gasteiger partial charge in [0.1, 0.15) is 0 Å². The minimum atomic E-state index is -3.45. The molecule has 0 bridgehead atoms. The van der Waals surface area contributed by atoms with Crippen LogP contribution in [-0.2, 0) is 10.0 Å². The second kappa shape index (κ2) is 3.23. The zero-order valence-electron chi connectivity index (χ0n) is 7.14. The zero-order chi connectivity index (χ0) is 10.1. The molecule has 0 fully saturated rings. The Kier molecular flexibility index (Phi) is 2.44. The first-order chi connectivity index (χ1) is 5.93. The van der Waals surface area contributed by atoms with Gasteiger partial charge in [-0.15, -0.1) is 0 Å². The van der Waals surface area contributed by atoms with Crippen LogP contribution in [0.1, 0.15) is 0 Å². The maximum atomic E-state index is 11.0. The van der Waals surface area contributed by atoms with Crippen LogP contribution in [0.4, 0.5) is 11.4 Å². The summed E-state index contributed by atoms with van der Waals surface area (Å²) < 4.78 is 22.7. The number of sulfonamides is 1. The number of nitrogens with two attached hydrogens (primary N) is 2. The Labute approximate surface area is 77.0 Å². The smallest absolute Gasteiger partial charge is 0.245 e. The molecule has 0 atom stereocenters. The third kappa shape index (κ3) is 2.10. The number of hydrazine groups is 1. The SMILES string of the molecule is CS(=O)(=O)N(N)c1ccccc1N. The summed E-state index contributed by atoms with van der Waals surface area (Å²) in [5.74, 6) is 5.34. The predicted molar refractivity (Wildman–Crippen MR) is 52.4 cm³/mol. The summed E-state index contributed by atoms with van der Waals surface area (Å²) in [7, 11) is -3.45. The van der Waals surface area contributed by atoms with Crippen molar-refractivity contribution in [2.75, 3.05) is 16.4 Å². The first kappa shape index (κ1) is 9.82. The van der Waals surface area contributed by atoms with Crippen molar-refractivity contribution in [1.82, 2.24) is 0 Å². The normalized spacial score (nSPS) is 11.2. The van der Waals surface area contributed by atoms with Gasteiger partial charge in [0.05, 0.1) is 17.6 Å². The maximum Gasteiger partial charge on any atom is 0.245 e. The Hall–Kier alpha value is -1.27. The lowest BCUT2D eigenvalue weighted by Gasteiger charge is -2.17. The molecule has 0 saturated carbocycles. The van der Waals surface area contributed by atoms with E-state index in [0.29, 0.717) is 10.1 Å². The Balaban J connectivity index is 3.17. The van der Waals surface area contributed by atoms with Gasteiger partial charge in [-0.3, -0.25) is 0 Å². The number of anilines is 2. The molecule has 0 aliphatic rings. The van der Waals surface area contributed by atoms with Gasteiger partial charge in [0.15, 0.2) is 0 Å². The molecule has 4 N–H and O–H groups in total. The van der Waals surface area contributed by atoms with Crippen molar-refractivity contribution in [2.24, 2.45) is 5.84 Å². The summed E-state index contributed by atoms with van der Waals surface area (Å²) in [4.78, 5) is 0. The highest BCUT2D eigenvalue weighted by Gasteiger charge is 2.14. The van der Waals surface area contributed by atoms with Gasteiger partial charge in [0.2, 0.25) is 10.0 Å². The van der Waals surface area contributed by atoms with E-state index in [2.05, 4.69) is 0 Å². The largest absolute Gasteiger partial charge is 0.397 e. The quantitative estimate of drug-likeness (QED) is 0.397. The van der Waals surface area contributed by atoms with Crippen LogP contribution in [0.5, 0.6) is 0 Å². The van der Waals surface area contributed by atoms with Gasteiger partial charge in [-0.05, 0) is 12.1 Å². The summed E-state index contributed by atoms with van der Waals surface area (Å²) in [5.41, 5.74) is 6.14. The molecule has 0 aromatic heterocycles. The fourth-order valence-corrected chi connectivity index (χ4v) is 1.39. The average molecular weight is 201 g/mol. The molecule has 1 rings (SSSR count). The van der Waals surface area contributed by atoms with Crippen molar-refractivity contribution in [1.29, 1.82) is 0 Å². The van der Waals surface area contributed by atoms with E-state index >= 15 is 0 Å². The highest BCUT2D eigenvalue weighted by molar-refractivity contribution is 7.92. The van der Waals surface area contributed by atoms with E-state index in [1.807, 2.05) is 0 Å². The molecule has 0 aliphatic carbocycles. The molecule has 0 aliphatic heterocycles. The minimum absolute atomic E-state index is 0.282. The molecule has 1 aromatic carbocycles. The number of hydrogen-bond donors (Lipinski definition) is 2. The van der Waals surface area contributed by atoms with Crippen LogP contribution in [-0.4, -0.2) is 14.7 Å². The molecule has 1 aromatic rings. The van der Waals surface area contributed by atoms with Crippen molar-refractivity contribution in [3.05, 3.63) is 24.3 Å². The Bertz CT molecular complexity index is 402. The Morgan fingerprint density at radius 2 is 1.85 bits per heavy atom. The molecular formula is C7H11N3O2S. The van der Waals surface area contributed by atoms with E-state index in [1.165, 1.54) is 6.07 Å². The Morgan fingerprint density at radius 3 is 2.31 bits per heavy atom. The summed E-state index contributed by atoms with van der Waals surface area (Å²) in [6.07, 6.45) is 1.01. The Morgan fingerprint density at radius 1 is 1.31 bits per heavy atom. The van der Waals surface area contributed by atoms with Crippen LogP contribution in [0.2, 0.25) is 0 Å². The second-order valence-electron chi connectivity index (χ2n) is 2.62. The number of hydrogen-bond acceptors (Lipinski definition) is 4. The lowest BCUT2D eigenvalue weighted by atomic mass is 10.3. The molecule has 0 heterocycles. The molecular weight excluding hydrogens is 190 g/mol. The molecule has 0 saturated heterocycles. The summed E-state index contributed by atoms with van der Waals surface area (Å²) in [6, 6.07) is 6.49. The topological polar surface area (TPSA) is 89.4 Å². The first-order valence-electron chi connectivity index (χ1n) is 3.52. The first-order valence-corrected chi connectivity index (χ1v) is 5.37. The number of nitrogen functional groups attached to an aromatic ring is 1. The predicted octanol–water partition coefficient (Wildman–Crippen LogP) is -0.0915. The van der Waals surface area contributed by atoms with Crippen LogP contribution in [0.3, 0.4) is 0 Å². The lowest BCUT2D eigenvalue weighted by Crippen LogP contribution is -2.36. The van der Waals surface area contributed by atoms with E-state index in [0.717, 1.165) is 6.26 Å². The fraction of sp³-hybridized carbons (Fsp3) is 0.143. The highest BCUT2D eigenvalue weighted by atomic mass is 32.2. The van der Waals surface area contributed by atoms with Gasteiger partial charge in [0.25, 0.3) is 0 Å². The monoisotopic (exact) mass is 201 g/mol. The van der Waals surface area contributed by atoms with Crippen LogP contribution >= 0.6 is 0 Å². The molecule has 5 nitrogen and oxygen atoms in total. The van der Waals surface area contributed by atoms with Gasteiger partial charge >= 0.3 is 0 Å².